The molecule has 1 aromatic heterocycles. The number of hydrogen-bond donors (Lipinski definition) is 2. The van der Waals surface area contributed by atoms with E-state index in [2.05, 4.69) is 11.9 Å². The molecule has 114 valence electrons. The Bertz CT molecular complexity index is 384. The summed E-state index contributed by atoms with van der Waals surface area (Å²) in [5.74, 6) is -0.231. The van der Waals surface area contributed by atoms with Crippen LogP contribution in [0, 0.1) is 11.7 Å². The largest absolute Gasteiger partial charge is 0.388 e. The molecule has 20 heavy (non-hydrogen) atoms. The molecule has 0 amide bonds. The fourth-order valence-electron chi connectivity index (χ4n) is 2.57. The Labute approximate surface area is 121 Å². The van der Waals surface area contributed by atoms with E-state index in [4.69, 9.17) is 5.73 Å². The van der Waals surface area contributed by atoms with Gasteiger partial charge in [-0.05, 0) is 38.2 Å². The maximum absolute atomic E-state index is 13.2. The molecule has 3 atom stereocenters. The van der Waals surface area contributed by atoms with Crippen molar-refractivity contribution in [1.82, 2.24) is 4.98 Å². The topological polar surface area (TPSA) is 59.1 Å². The third-order valence-corrected chi connectivity index (χ3v) is 3.66. The molecule has 0 spiro atoms. The van der Waals surface area contributed by atoms with Crippen molar-refractivity contribution in [3.05, 3.63) is 29.8 Å². The summed E-state index contributed by atoms with van der Waals surface area (Å²) < 4.78 is 13.2. The molecule has 3 unspecified atom stereocenters. The second-order valence-electron chi connectivity index (χ2n) is 5.69. The van der Waals surface area contributed by atoms with Crippen molar-refractivity contribution in [3.63, 3.8) is 0 Å². The van der Waals surface area contributed by atoms with Crippen LogP contribution in [0.15, 0.2) is 18.5 Å². The molecule has 0 fully saturated rings. The van der Waals surface area contributed by atoms with Crippen LogP contribution in [-0.4, -0.2) is 16.1 Å². The van der Waals surface area contributed by atoms with Gasteiger partial charge in [0.05, 0.1) is 12.3 Å². The molecule has 0 aliphatic rings. The number of rotatable bonds is 9. The van der Waals surface area contributed by atoms with Gasteiger partial charge in [-0.2, -0.15) is 0 Å². The highest BCUT2D eigenvalue weighted by Crippen LogP contribution is 2.30. The van der Waals surface area contributed by atoms with Crippen molar-refractivity contribution in [2.75, 3.05) is 0 Å². The zero-order valence-corrected chi connectivity index (χ0v) is 12.6. The van der Waals surface area contributed by atoms with Gasteiger partial charge in [-0.15, -0.1) is 0 Å². The first-order valence-corrected chi connectivity index (χ1v) is 7.58. The first-order chi connectivity index (χ1) is 9.54. The normalized spacial score (nSPS) is 15.8. The van der Waals surface area contributed by atoms with Gasteiger partial charge in [0.15, 0.2) is 0 Å². The van der Waals surface area contributed by atoms with Crippen LogP contribution in [0.25, 0.3) is 0 Å². The quantitative estimate of drug-likeness (QED) is 0.681. The lowest BCUT2D eigenvalue weighted by molar-refractivity contribution is 0.0945. The Morgan fingerprint density at radius 1 is 1.25 bits per heavy atom. The number of halogens is 1. The Morgan fingerprint density at radius 3 is 2.55 bits per heavy atom. The molecule has 3 N–H and O–H groups in total. The van der Waals surface area contributed by atoms with Gasteiger partial charge in [-0.1, -0.05) is 26.2 Å². The number of aliphatic hydroxyl groups is 1. The summed E-state index contributed by atoms with van der Waals surface area (Å²) in [4.78, 5) is 3.82. The second kappa shape index (κ2) is 9.03. The minimum Gasteiger partial charge on any atom is -0.388 e. The molecule has 0 radical (unpaired) electrons. The summed E-state index contributed by atoms with van der Waals surface area (Å²) in [6, 6.07) is 1.61. The highest BCUT2D eigenvalue weighted by Gasteiger charge is 2.20. The Kier molecular flexibility index (Phi) is 7.70. The number of aromatic nitrogens is 1. The third-order valence-electron chi connectivity index (χ3n) is 3.66. The van der Waals surface area contributed by atoms with E-state index in [-0.39, 0.29) is 12.0 Å². The average molecular weight is 282 g/mol. The van der Waals surface area contributed by atoms with Gasteiger partial charge in [0.25, 0.3) is 0 Å². The lowest BCUT2D eigenvalue weighted by Gasteiger charge is -2.23. The first kappa shape index (κ1) is 17.1. The van der Waals surface area contributed by atoms with Crippen molar-refractivity contribution in [2.24, 2.45) is 11.7 Å². The lowest BCUT2D eigenvalue weighted by Crippen LogP contribution is -2.16. The lowest BCUT2D eigenvalue weighted by atomic mass is 9.88. The smallest absolute Gasteiger partial charge is 0.141 e. The fourth-order valence-corrected chi connectivity index (χ4v) is 2.57. The Balaban J connectivity index is 2.55. The SMILES string of the molecule is CCCC(CCCCC(C)N)C(O)c1cncc(F)c1. The number of nitrogens with zero attached hydrogens (tertiary/aromatic N) is 1. The molecule has 1 aromatic rings. The monoisotopic (exact) mass is 282 g/mol. The first-order valence-electron chi connectivity index (χ1n) is 7.58. The van der Waals surface area contributed by atoms with Crippen molar-refractivity contribution >= 4 is 0 Å². The van der Waals surface area contributed by atoms with Crippen LogP contribution in [0.4, 0.5) is 4.39 Å². The van der Waals surface area contributed by atoms with E-state index in [1.807, 2.05) is 6.92 Å². The summed E-state index contributed by atoms with van der Waals surface area (Å²) in [6.45, 7) is 4.11. The average Bonchev–Trinajstić information content (AvgIpc) is 2.41. The number of aliphatic hydroxyl groups excluding tert-OH is 1. The summed E-state index contributed by atoms with van der Waals surface area (Å²) in [5, 5.41) is 10.4. The maximum atomic E-state index is 13.2. The maximum Gasteiger partial charge on any atom is 0.141 e. The van der Waals surface area contributed by atoms with Crippen LogP contribution in [0.3, 0.4) is 0 Å². The standard InChI is InChI=1S/C16H27FN2O/c1-3-6-13(8-5-4-7-12(2)18)16(20)14-9-15(17)11-19-10-14/h9-13,16,20H,3-8,18H2,1-2H3. The van der Waals surface area contributed by atoms with E-state index >= 15 is 0 Å². The van der Waals surface area contributed by atoms with Gasteiger partial charge in [0, 0.05) is 17.8 Å². The van der Waals surface area contributed by atoms with Gasteiger partial charge in [-0.3, -0.25) is 4.98 Å². The fraction of sp³-hybridized carbons (Fsp3) is 0.688. The van der Waals surface area contributed by atoms with Crippen LogP contribution in [0.5, 0.6) is 0 Å². The zero-order chi connectivity index (χ0) is 15.0. The van der Waals surface area contributed by atoms with Crippen molar-refractivity contribution in [3.8, 4) is 0 Å². The van der Waals surface area contributed by atoms with Gasteiger partial charge in [-0.25, -0.2) is 4.39 Å². The van der Waals surface area contributed by atoms with E-state index < -0.39 is 11.9 Å². The van der Waals surface area contributed by atoms with Crippen molar-refractivity contribution in [2.45, 2.75) is 64.5 Å². The van der Waals surface area contributed by atoms with E-state index in [0.29, 0.717) is 5.56 Å². The molecule has 1 rings (SSSR count). The van der Waals surface area contributed by atoms with Crippen LogP contribution in [-0.2, 0) is 0 Å². The van der Waals surface area contributed by atoms with Crippen LogP contribution >= 0.6 is 0 Å². The molecule has 3 nitrogen and oxygen atoms in total. The molecular weight excluding hydrogens is 255 g/mol. The third kappa shape index (κ3) is 5.97. The number of unbranched alkanes of at least 4 members (excludes halogenated alkanes) is 1. The van der Waals surface area contributed by atoms with Crippen molar-refractivity contribution in [1.29, 1.82) is 0 Å². The molecule has 0 saturated heterocycles. The zero-order valence-electron chi connectivity index (χ0n) is 12.6. The van der Waals surface area contributed by atoms with Gasteiger partial charge in [0.1, 0.15) is 5.82 Å². The van der Waals surface area contributed by atoms with E-state index in [9.17, 15) is 9.50 Å². The molecule has 1 heterocycles. The van der Waals surface area contributed by atoms with Gasteiger partial charge >= 0.3 is 0 Å². The van der Waals surface area contributed by atoms with E-state index in [0.717, 1.165) is 44.7 Å². The van der Waals surface area contributed by atoms with Gasteiger partial charge in [0.2, 0.25) is 0 Å². The van der Waals surface area contributed by atoms with E-state index in [1.165, 1.54) is 6.07 Å². The number of hydrogen-bond acceptors (Lipinski definition) is 3. The predicted octanol–water partition coefficient (Wildman–Crippen LogP) is 3.58. The molecule has 0 aromatic carbocycles. The van der Waals surface area contributed by atoms with Crippen molar-refractivity contribution < 1.29 is 9.50 Å². The van der Waals surface area contributed by atoms with E-state index in [1.54, 1.807) is 6.20 Å². The molecule has 0 saturated carbocycles. The minimum absolute atomic E-state index is 0.164. The minimum atomic E-state index is -0.631. The summed E-state index contributed by atoms with van der Waals surface area (Å²) in [6.07, 6.45) is 8.11. The van der Waals surface area contributed by atoms with Crippen LogP contribution < -0.4 is 5.73 Å². The molecule has 0 aliphatic carbocycles. The number of nitrogens with two attached hydrogens (primary N) is 1. The second-order valence-corrected chi connectivity index (χ2v) is 5.69. The summed E-state index contributed by atoms with van der Waals surface area (Å²) >= 11 is 0. The summed E-state index contributed by atoms with van der Waals surface area (Å²) in [7, 11) is 0. The van der Waals surface area contributed by atoms with Gasteiger partial charge < -0.3 is 10.8 Å². The molecular formula is C16H27FN2O. The Hall–Kier alpha value is -1.00. The Morgan fingerprint density at radius 2 is 1.95 bits per heavy atom. The summed E-state index contributed by atoms with van der Waals surface area (Å²) in [5.41, 5.74) is 6.32. The van der Waals surface area contributed by atoms with Crippen LogP contribution in [0.2, 0.25) is 0 Å². The number of pyridine rings is 1. The molecule has 0 bridgehead atoms. The molecule has 0 aliphatic heterocycles. The highest BCUT2D eigenvalue weighted by molar-refractivity contribution is 5.14. The molecule has 4 heteroatoms. The van der Waals surface area contributed by atoms with Crippen LogP contribution in [0.1, 0.15) is 64.0 Å². The predicted molar refractivity (Wildman–Crippen MR) is 79.7 cm³/mol. The highest BCUT2D eigenvalue weighted by atomic mass is 19.1.